The topological polar surface area (TPSA) is 119 Å². The second kappa shape index (κ2) is 4.18. The quantitative estimate of drug-likeness (QED) is 0.418. The van der Waals surface area contributed by atoms with E-state index in [0.717, 1.165) is 12.1 Å². The molecule has 1 aromatic rings. The molecule has 0 fully saturated rings. The zero-order valence-electron chi connectivity index (χ0n) is 7.45. The molecule has 0 spiro atoms. The average molecular weight is 209 g/mol. The summed E-state index contributed by atoms with van der Waals surface area (Å²) in [7, 11) is 0. The lowest BCUT2D eigenvalue weighted by Crippen LogP contribution is -2.05. The van der Waals surface area contributed by atoms with E-state index >= 15 is 0 Å². The Kier molecular flexibility index (Phi) is 2.97. The number of aromatic hydroxyl groups is 1. The molecular weight excluding hydrogens is 202 g/mol. The SMILES string of the molecule is NC(=O)C=Cc1ccc(O)c([N+](=O)[O-])n1. The molecule has 0 aromatic carbocycles. The highest BCUT2D eigenvalue weighted by Gasteiger charge is 2.15. The van der Waals surface area contributed by atoms with E-state index in [1.165, 1.54) is 12.1 Å². The normalized spacial score (nSPS) is 10.4. The van der Waals surface area contributed by atoms with Crippen molar-refractivity contribution in [2.45, 2.75) is 0 Å². The number of nitrogens with two attached hydrogens (primary N) is 1. The number of primary amides is 1. The summed E-state index contributed by atoms with van der Waals surface area (Å²) in [6.45, 7) is 0. The lowest BCUT2D eigenvalue weighted by Gasteiger charge is -1.95. The molecule has 7 heteroatoms. The molecule has 0 bridgehead atoms. The lowest BCUT2D eigenvalue weighted by atomic mass is 10.3. The number of carbonyl (C=O) groups excluding carboxylic acids is 1. The Morgan fingerprint density at radius 1 is 1.60 bits per heavy atom. The predicted octanol–water partition coefficient (Wildman–Crippen LogP) is 0.194. The van der Waals surface area contributed by atoms with Gasteiger partial charge in [-0.25, -0.2) is 0 Å². The van der Waals surface area contributed by atoms with Gasteiger partial charge in [-0.2, -0.15) is 0 Å². The van der Waals surface area contributed by atoms with Crippen LogP contribution in [0.15, 0.2) is 18.2 Å². The van der Waals surface area contributed by atoms with Crippen LogP contribution in [-0.4, -0.2) is 20.9 Å². The van der Waals surface area contributed by atoms with Gasteiger partial charge in [-0.1, -0.05) is 0 Å². The van der Waals surface area contributed by atoms with Crippen LogP contribution < -0.4 is 5.73 Å². The highest BCUT2D eigenvalue weighted by atomic mass is 16.6. The molecule has 0 saturated heterocycles. The number of hydrogen-bond acceptors (Lipinski definition) is 5. The van der Waals surface area contributed by atoms with E-state index in [4.69, 9.17) is 10.8 Å². The van der Waals surface area contributed by atoms with Crippen molar-refractivity contribution < 1.29 is 14.8 Å². The van der Waals surface area contributed by atoms with Crippen molar-refractivity contribution in [3.05, 3.63) is 34.0 Å². The Hall–Kier alpha value is -2.44. The van der Waals surface area contributed by atoms with Crippen molar-refractivity contribution in [2.24, 2.45) is 5.73 Å². The number of carbonyl (C=O) groups is 1. The summed E-state index contributed by atoms with van der Waals surface area (Å²) in [5, 5.41) is 19.4. The van der Waals surface area contributed by atoms with Gasteiger partial charge in [-0.15, -0.1) is 0 Å². The van der Waals surface area contributed by atoms with Crippen LogP contribution in [0.4, 0.5) is 5.82 Å². The Morgan fingerprint density at radius 3 is 2.80 bits per heavy atom. The van der Waals surface area contributed by atoms with Crippen LogP contribution >= 0.6 is 0 Å². The first-order valence-corrected chi connectivity index (χ1v) is 3.82. The van der Waals surface area contributed by atoms with E-state index in [1.54, 1.807) is 0 Å². The maximum absolute atomic E-state index is 10.4. The minimum Gasteiger partial charge on any atom is -0.501 e. The molecule has 3 N–H and O–H groups in total. The van der Waals surface area contributed by atoms with Gasteiger partial charge >= 0.3 is 5.82 Å². The van der Waals surface area contributed by atoms with Crippen molar-refractivity contribution in [3.8, 4) is 5.75 Å². The van der Waals surface area contributed by atoms with Crippen LogP contribution in [0.5, 0.6) is 5.75 Å². The van der Waals surface area contributed by atoms with Gasteiger partial charge in [0.25, 0.3) is 0 Å². The number of rotatable bonds is 3. The molecular formula is C8H7N3O4. The van der Waals surface area contributed by atoms with E-state index < -0.39 is 22.4 Å². The van der Waals surface area contributed by atoms with Crippen molar-refractivity contribution in [1.29, 1.82) is 0 Å². The molecule has 0 radical (unpaired) electrons. The fourth-order valence-corrected chi connectivity index (χ4v) is 0.850. The molecule has 7 nitrogen and oxygen atoms in total. The number of aromatic nitrogens is 1. The van der Waals surface area contributed by atoms with Crippen LogP contribution in [0.25, 0.3) is 6.08 Å². The van der Waals surface area contributed by atoms with Crippen molar-refractivity contribution >= 4 is 17.8 Å². The Labute approximate surface area is 84.0 Å². The molecule has 0 aliphatic carbocycles. The monoisotopic (exact) mass is 209 g/mol. The predicted molar refractivity (Wildman–Crippen MR) is 50.8 cm³/mol. The second-order valence-electron chi connectivity index (χ2n) is 2.57. The average Bonchev–Trinajstić information content (AvgIpc) is 2.16. The van der Waals surface area contributed by atoms with Gasteiger partial charge in [0, 0.05) is 6.08 Å². The number of amides is 1. The first-order valence-electron chi connectivity index (χ1n) is 3.82. The van der Waals surface area contributed by atoms with Gasteiger partial charge in [0.2, 0.25) is 11.7 Å². The largest absolute Gasteiger partial charge is 0.501 e. The summed E-state index contributed by atoms with van der Waals surface area (Å²) >= 11 is 0. The highest BCUT2D eigenvalue weighted by Crippen LogP contribution is 2.22. The number of hydrogen-bond donors (Lipinski definition) is 2. The van der Waals surface area contributed by atoms with E-state index in [-0.39, 0.29) is 5.69 Å². The van der Waals surface area contributed by atoms with Crippen molar-refractivity contribution in [2.75, 3.05) is 0 Å². The standard InChI is InChI=1S/C8H7N3O4/c9-7(13)4-2-5-1-3-6(12)8(10-5)11(14)15/h1-4,12H,(H2,9,13). The summed E-state index contributed by atoms with van der Waals surface area (Å²) in [6, 6.07) is 2.44. The highest BCUT2D eigenvalue weighted by molar-refractivity contribution is 5.90. The molecule has 0 aliphatic heterocycles. The fraction of sp³-hybridized carbons (Fsp3) is 0. The van der Waals surface area contributed by atoms with Crippen molar-refractivity contribution in [1.82, 2.24) is 4.98 Å². The van der Waals surface area contributed by atoms with Gasteiger partial charge in [0.15, 0.2) is 5.69 Å². The summed E-state index contributed by atoms with van der Waals surface area (Å²) in [4.78, 5) is 23.4. The molecule has 78 valence electrons. The van der Waals surface area contributed by atoms with Crippen LogP contribution in [0, 0.1) is 10.1 Å². The summed E-state index contributed by atoms with van der Waals surface area (Å²) in [6.07, 6.45) is 2.23. The van der Waals surface area contributed by atoms with Gasteiger partial charge in [-0.3, -0.25) is 4.79 Å². The molecule has 1 amide bonds. The molecule has 0 aliphatic rings. The Bertz CT molecular complexity index is 442. The minimum atomic E-state index is -0.822. The summed E-state index contributed by atoms with van der Waals surface area (Å²) < 4.78 is 0. The zero-order chi connectivity index (χ0) is 11.4. The van der Waals surface area contributed by atoms with Crippen LogP contribution in [0.3, 0.4) is 0 Å². The zero-order valence-corrected chi connectivity index (χ0v) is 7.45. The fourth-order valence-electron chi connectivity index (χ4n) is 0.850. The van der Waals surface area contributed by atoms with Crippen LogP contribution in [0.1, 0.15) is 5.69 Å². The third-order valence-electron chi connectivity index (χ3n) is 1.47. The molecule has 0 atom stereocenters. The minimum absolute atomic E-state index is 0.165. The van der Waals surface area contributed by atoms with Gasteiger partial charge in [0.05, 0.1) is 0 Å². The third-order valence-corrected chi connectivity index (χ3v) is 1.47. The van der Waals surface area contributed by atoms with Crippen LogP contribution in [-0.2, 0) is 4.79 Å². The van der Waals surface area contributed by atoms with Gasteiger partial charge in [0.1, 0.15) is 0 Å². The smallest absolute Gasteiger partial charge is 0.406 e. The molecule has 1 aromatic heterocycles. The van der Waals surface area contributed by atoms with E-state index in [2.05, 4.69) is 4.98 Å². The van der Waals surface area contributed by atoms with Crippen molar-refractivity contribution in [3.63, 3.8) is 0 Å². The first kappa shape index (κ1) is 10.6. The first-order chi connectivity index (χ1) is 7.00. The molecule has 1 rings (SSSR count). The molecule has 15 heavy (non-hydrogen) atoms. The Balaban J connectivity index is 3.08. The third kappa shape index (κ3) is 2.76. The lowest BCUT2D eigenvalue weighted by molar-refractivity contribution is -0.390. The number of nitrogens with zero attached hydrogens (tertiary/aromatic N) is 2. The molecule has 0 saturated carbocycles. The molecule has 0 unspecified atom stereocenters. The molecule has 1 heterocycles. The van der Waals surface area contributed by atoms with Crippen LogP contribution in [0.2, 0.25) is 0 Å². The number of nitro groups is 1. The van der Waals surface area contributed by atoms with Gasteiger partial charge < -0.3 is 21.0 Å². The second-order valence-corrected chi connectivity index (χ2v) is 2.57. The summed E-state index contributed by atoms with van der Waals surface area (Å²) in [5.41, 5.74) is 5.00. The van der Waals surface area contributed by atoms with Gasteiger partial charge in [-0.05, 0) is 28.1 Å². The maximum Gasteiger partial charge on any atom is 0.406 e. The number of pyridine rings is 1. The Morgan fingerprint density at radius 2 is 2.27 bits per heavy atom. The van der Waals surface area contributed by atoms with E-state index in [0.29, 0.717) is 0 Å². The maximum atomic E-state index is 10.4. The summed E-state index contributed by atoms with van der Waals surface area (Å²) in [5.74, 6) is -1.88. The van der Waals surface area contributed by atoms with E-state index in [9.17, 15) is 14.9 Å². The van der Waals surface area contributed by atoms with E-state index in [1.807, 2.05) is 0 Å².